The zero-order valence-electron chi connectivity index (χ0n) is 37.4. The minimum absolute atomic E-state index is 0.626. The zero-order valence-corrected chi connectivity index (χ0v) is 38.2. The molecule has 0 spiro atoms. The summed E-state index contributed by atoms with van der Waals surface area (Å²) >= 11 is 2.61. The van der Waals surface area contributed by atoms with E-state index >= 15 is 0 Å². The largest absolute Gasteiger partial charge is 0.374 e. The van der Waals surface area contributed by atoms with Gasteiger partial charge in [0.1, 0.15) is 0 Å². The maximum absolute atomic E-state index is 6.90. The van der Waals surface area contributed by atoms with Gasteiger partial charge in [-0.25, -0.2) is 0 Å². The lowest BCUT2D eigenvalue weighted by Gasteiger charge is -2.52. The summed E-state index contributed by atoms with van der Waals surface area (Å²) in [5, 5.41) is 1.95. The molecule has 0 aromatic heterocycles. The molecule has 3 heteroatoms. The third-order valence-electron chi connectivity index (χ3n) is 22.7. The molecule has 0 bridgehead atoms. The van der Waals surface area contributed by atoms with E-state index in [1.54, 1.807) is 161 Å². The van der Waals surface area contributed by atoms with Gasteiger partial charge in [0.15, 0.2) is 0 Å². The molecule has 0 radical (unpaired) electrons. The third kappa shape index (κ3) is 7.41. The van der Waals surface area contributed by atoms with Gasteiger partial charge >= 0.3 is 0 Å². The molecule has 2 nitrogen and oxygen atoms in total. The van der Waals surface area contributed by atoms with Crippen LogP contribution in [0.4, 0.5) is 0 Å². The smallest absolute Gasteiger partial charge is 0.0621 e. The monoisotopic (exact) mass is 812 g/mol. The first-order valence-electron chi connectivity index (χ1n) is 27.8. The van der Waals surface area contributed by atoms with Crippen molar-refractivity contribution in [1.82, 2.24) is 4.90 Å². The average molecular weight is 812 g/mol. The number of ether oxygens (including phenoxy) is 1. The molecule has 0 aromatic carbocycles. The van der Waals surface area contributed by atoms with E-state index in [9.17, 15) is 0 Å². The van der Waals surface area contributed by atoms with Crippen LogP contribution in [-0.2, 0) is 4.74 Å². The molecule has 0 amide bonds. The van der Waals surface area contributed by atoms with Crippen molar-refractivity contribution in [1.29, 1.82) is 0 Å². The van der Waals surface area contributed by atoms with E-state index in [4.69, 9.17) is 4.74 Å². The summed E-state index contributed by atoms with van der Waals surface area (Å²) in [7, 11) is 0. The first-order chi connectivity index (χ1) is 28.7. The van der Waals surface area contributed by atoms with Crippen molar-refractivity contribution >= 4 is 11.8 Å². The van der Waals surface area contributed by atoms with Crippen LogP contribution in [-0.4, -0.2) is 45.7 Å². The Morgan fingerprint density at radius 2 is 0.810 bits per heavy atom. The first-order valence-corrected chi connectivity index (χ1v) is 28.8. The average Bonchev–Trinajstić information content (AvgIpc) is 3.99. The van der Waals surface area contributed by atoms with Crippen molar-refractivity contribution in [2.24, 2.45) is 82.9 Å². The molecule has 10 saturated carbocycles. The van der Waals surface area contributed by atoms with Crippen LogP contribution in [0.15, 0.2) is 0 Å². The lowest BCUT2D eigenvalue weighted by molar-refractivity contribution is -0.0151. The standard InChI is InChI=1S/C55H89NOS/c1-2-9-35(10-3-1)36-19-25-42(26-20-36)56(43-27-21-37(22-28-43)39-17-18-41-33-40-11-4-5-12-45(40)50(41)34-39)44-29-23-38(24-30-44)46-14-8-15-47-48-31-32-52-53(55(48)58-54(46)47)49-13-6-7-16-51(49)57-52/h35-55H,1-34H2. The maximum atomic E-state index is 6.90. The van der Waals surface area contributed by atoms with E-state index in [1.165, 1.54) is 57.8 Å². The molecule has 326 valence electrons. The quantitative estimate of drug-likeness (QED) is 0.265. The molecular formula is C55H89NOS. The lowest BCUT2D eigenvalue weighted by atomic mass is 9.62. The fourth-order valence-corrected chi connectivity index (χ4v) is 22.7. The van der Waals surface area contributed by atoms with E-state index in [2.05, 4.69) is 16.7 Å². The van der Waals surface area contributed by atoms with Crippen LogP contribution in [0.3, 0.4) is 0 Å². The molecule has 0 aromatic rings. The van der Waals surface area contributed by atoms with Crippen LogP contribution in [0.5, 0.6) is 0 Å². The summed E-state index contributed by atoms with van der Waals surface area (Å²) in [6.45, 7) is 0. The van der Waals surface area contributed by atoms with Crippen molar-refractivity contribution in [3.63, 3.8) is 0 Å². The molecule has 0 N–H and O–H groups in total. The van der Waals surface area contributed by atoms with E-state index in [-0.39, 0.29) is 0 Å². The Bertz CT molecular complexity index is 1350. The number of nitrogens with zero attached hydrogens (tertiary/aromatic N) is 1. The summed E-state index contributed by atoms with van der Waals surface area (Å²) < 4.78 is 6.90. The van der Waals surface area contributed by atoms with Gasteiger partial charge in [0, 0.05) is 34.5 Å². The summed E-state index contributed by atoms with van der Waals surface area (Å²) in [5.41, 5.74) is 0. The summed E-state index contributed by atoms with van der Waals surface area (Å²) in [4.78, 5) is 3.38. The van der Waals surface area contributed by atoms with Crippen molar-refractivity contribution in [3.8, 4) is 0 Å². The second kappa shape index (κ2) is 17.3. The predicted molar refractivity (Wildman–Crippen MR) is 243 cm³/mol. The number of rotatable bonds is 6. The Hall–Kier alpha value is 0.270. The van der Waals surface area contributed by atoms with E-state index in [1.807, 2.05) is 0 Å². The lowest BCUT2D eigenvalue weighted by Crippen LogP contribution is -2.53. The number of hydrogen-bond acceptors (Lipinski definition) is 3. The Balaban J connectivity index is 0.707. The molecule has 58 heavy (non-hydrogen) atoms. The van der Waals surface area contributed by atoms with Crippen LogP contribution in [0.25, 0.3) is 0 Å². The second-order valence-corrected chi connectivity index (χ2v) is 26.2. The molecule has 2 saturated heterocycles. The van der Waals surface area contributed by atoms with Gasteiger partial charge in [0.05, 0.1) is 12.2 Å². The zero-order chi connectivity index (χ0) is 38.2. The molecule has 14 unspecified atom stereocenters. The van der Waals surface area contributed by atoms with Gasteiger partial charge in [-0.1, -0.05) is 70.6 Å². The highest BCUT2D eigenvalue weighted by atomic mass is 32.2. The summed E-state index contributed by atoms with van der Waals surface area (Å²) in [5.74, 6) is 14.8. The van der Waals surface area contributed by atoms with Gasteiger partial charge in [0.2, 0.25) is 0 Å². The molecule has 12 rings (SSSR count). The SMILES string of the molecule is C1CCC(C2CCC(N(C3CCC(C4CCC5CC6CCCCC6C5C4)CC3)C3CCC(C4CCCC5C6CCC7OC8CCCCC8C7C6SC45)CC3)CC2)CC1. The van der Waals surface area contributed by atoms with Crippen molar-refractivity contribution < 1.29 is 4.74 Å². The van der Waals surface area contributed by atoms with Crippen LogP contribution >= 0.6 is 11.8 Å². The predicted octanol–water partition coefficient (Wildman–Crippen LogP) is 14.7. The second-order valence-electron chi connectivity index (χ2n) is 24.8. The van der Waals surface area contributed by atoms with Crippen LogP contribution in [0.2, 0.25) is 0 Å². The van der Waals surface area contributed by atoms with Gasteiger partial charge in [-0.05, 0) is 225 Å². The van der Waals surface area contributed by atoms with Crippen LogP contribution < -0.4 is 0 Å². The van der Waals surface area contributed by atoms with Gasteiger partial charge in [0.25, 0.3) is 0 Å². The highest BCUT2D eigenvalue weighted by molar-refractivity contribution is 8.00. The maximum Gasteiger partial charge on any atom is 0.0621 e. The van der Waals surface area contributed by atoms with Crippen LogP contribution in [0.1, 0.15) is 218 Å². The fraction of sp³-hybridized carbons (Fsp3) is 1.00. The highest BCUT2D eigenvalue weighted by Crippen LogP contribution is 2.64. The van der Waals surface area contributed by atoms with Gasteiger partial charge < -0.3 is 4.74 Å². The normalized spacial score (nSPS) is 53.5. The minimum Gasteiger partial charge on any atom is -0.374 e. The first kappa shape index (κ1) is 39.8. The molecule has 10 aliphatic carbocycles. The Morgan fingerprint density at radius 3 is 1.57 bits per heavy atom. The number of hydrogen-bond donors (Lipinski definition) is 0. The third-order valence-corrected chi connectivity index (χ3v) is 24.7. The van der Waals surface area contributed by atoms with E-state index in [0.29, 0.717) is 12.2 Å². The molecule has 12 aliphatic rings. The summed E-state index contributed by atoms with van der Waals surface area (Å²) in [6, 6.07) is 2.74. The Morgan fingerprint density at radius 1 is 0.293 bits per heavy atom. The van der Waals surface area contributed by atoms with Crippen molar-refractivity contribution in [2.45, 2.75) is 259 Å². The van der Waals surface area contributed by atoms with Gasteiger partial charge in [-0.2, -0.15) is 11.8 Å². The van der Waals surface area contributed by atoms with E-state index in [0.717, 1.165) is 111 Å². The number of thioether (sulfide) groups is 1. The van der Waals surface area contributed by atoms with Crippen molar-refractivity contribution in [2.75, 3.05) is 0 Å². The van der Waals surface area contributed by atoms with Gasteiger partial charge in [-0.15, -0.1) is 0 Å². The van der Waals surface area contributed by atoms with Crippen LogP contribution in [0, 0.1) is 82.9 Å². The minimum atomic E-state index is 0.626. The number of fused-ring (bicyclic) bond motifs is 10. The molecular weight excluding hydrogens is 723 g/mol. The molecule has 14 atom stereocenters. The topological polar surface area (TPSA) is 12.5 Å². The fourth-order valence-electron chi connectivity index (χ4n) is 20.2. The van der Waals surface area contributed by atoms with E-state index < -0.39 is 0 Å². The Kier molecular flexibility index (Phi) is 11.9. The summed E-state index contributed by atoms with van der Waals surface area (Å²) in [6.07, 6.45) is 53.9. The molecule has 12 fully saturated rings. The molecule has 2 heterocycles. The van der Waals surface area contributed by atoms with Crippen molar-refractivity contribution in [3.05, 3.63) is 0 Å². The van der Waals surface area contributed by atoms with Gasteiger partial charge in [-0.3, -0.25) is 4.90 Å². The molecule has 2 aliphatic heterocycles. The highest BCUT2D eigenvalue weighted by Gasteiger charge is 2.60. The Labute approximate surface area is 361 Å².